The highest BCUT2D eigenvalue weighted by molar-refractivity contribution is 7.65. The van der Waals surface area contributed by atoms with Crippen molar-refractivity contribution in [2.45, 2.75) is 4.90 Å². The number of benzene rings is 2. The first kappa shape index (κ1) is 7.37. The Morgan fingerprint density at radius 2 is 2.00 bits per heavy atom. The molecular formula is C10H6OS+. The van der Waals surface area contributed by atoms with Gasteiger partial charge in [0, 0.05) is 4.21 Å². The molecule has 0 saturated carbocycles. The summed E-state index contributed by atoms with van der Waals surface area (Å²) < 4.78 is 10.6. The highest BCUT2D eigenvalue weighted by Crippen LogP contribution is 2.17. The smallest absolute Gasteiger partial charge is 0.0616 e. The molecule has 0 bridgehead atoms. The molecule has 1 nitrogen and oxygen atoms in total. The Labute approximate surface area is 74.5 Å². The molecule has 0 aromatic heterocycles. The fourth-order valence-corrected chi connectivity index (χ4v) is 1.59. The Morgan fingerprint density at radius 3 is 2.83 bits per heavy atom. The lowest BCUT2D eigenvalue weighted by Crippen LogP contribution is -1.77. The molecule has 2 aromatic rings. The van der Waals surface area contributed by atoms with Crippen LogP contribution >= 0.6 is 0 Å². The standard InChI is InChI=1S/C10H6OS/c11-12-10-7-3-5-8-4-1-2-6-9(8)10/h1-6H/q+1. The van der Waals surface area contributed by atoms with Gasteiger partial charge in [-0.25, -0.2) is 0 Å². The van der Waals surface area contributed by atoms with Crippen molar-refractivity contribution in [2.75, 3.05) is 0 Å². The summed E-state index contributed by atoms with van der Waals surface area (Å²) in [4.78, 5) is 0.674. The monoisotopic (exact) mass is 174 g/mol. The predicted octanol–water partition coefficient (Wildman–Crippen LogP) is 2.43. The van der Waals surface area contributed by atoms with Gasteiger partial charge in [0.15, 0.2) is 0 Å². The van der Waals surface area contributed by atoms with Crippen LogP contribution in [-0.2, 0) is 15.9 Å². The summed E-state index contributed by atoms with van der Waals surface area (Å²) in [5.41, 5.74) is 0. The molecule has 0 spiro atoms. The van der Waals surface area contributed by atoms with Gasteiger partial charge in [-0.2, -0.15) is 0 Å². The zero-order valence-electron chi connectivity index (χ0n) is 6.28. The first-order valence-electron chi connectivity index (χ1n) is 3.61. The van der Waals surface area contributed by atoms with Crippen molar-refractivity contribution in [1.29, 1.82) is 0 Å². The lowest BCUT2D eigenvalue weighted by Gasteiger charge is -1.91. The fraction of sp³-hybridized carbons (Fsp3) is 0. The van der Waals surface area contributed by atoms with Gasteiger partial charge in [-0.3, -0.25) is 0 Å². The first-order valence-corrected chi connectivity index (χ1v) is 4.35. The van der Waals surface area contributed by atoms with Crippen molar-refractivity contribution in [3.05, 3.63) is 42.5 Å². The van der Waals surface area contributed by atoms with Crippen LogP contribution < -0.4 is 0 Å². The topological polar surface area (TPSA) is 17.1 Å². The van der Waals surface area contributed by atoms with Crippen molar-refractivity contribution >= 4 is 22.4 Å². The second-order valence-electron chi connectivity index (χ2n) is 2.48. The van der Waals surface area contributed by atoms with E-state index in [0.717, 1.165) is 10.8 Å². The molecule has 0 N–H and O–H groups in total. The van der Waals surface area contributed by atoms with E-state index in [1.54, 1.807) is 6.07 Å². The van der Waals surface area contributed by atoms with E-state index in [4.69, 9.17) is 0 Å². The summed E-state index contributed by atoms with van der Waals surface area (Å²) in [5.74, 6) is 0. The molecule has 1 radical (unpaired) electrons. The SMILES string of the molecule is O=[S+]c1[c]ccc2ccccc12. The molecule has 0 heterocycles. The average Bonchev–Trinajstić information content (AvgIpc) is 2.17. The lowest BCUT2D eigenvalue weighted by atomic mass is 10.1. The Morgan fingerprint density at radius 1 is 1.17 bits per heavy atom. The van der Waals surface area contributed by atoms with Crippen molar-refractivity contribution in [1.82, 2.24) is 0 Å². The molecule has 0 fully saturated rings. The molecule has 0 saturated heterocycles. The summed E-state index contributed by atoms with van der Waals surface area (Å²) in [6.07, 6.45) is 0. The Bertz CT molecular complexity index is 418. The van der Waals surface area contributed by atoms with Gasteiger partial charge in [-0.1, -0.05) is 24.3 Å². The van der Waals surface area contributed by atoms with Crippen LogP contribution in [0.25, 0.3) is 10.8 Å². The van der Waals surface area contributed by atoms with E-state index in [9.17, 15) is 4.21 Å². The van der Waals surface area contributed by atoms with E-state index in [0.29, 0.717) is 16.6 Å². The lowest BCUT2D eigenvalue weighted by molar-refractivity contribution is 0.605. The van der Waals surface area contributed by atoms with E-state index in [1.807, 2.05) is 30.3 Å². The molecule has 2 heteroatoms. The van der Waals surface area contributed by atoms with Crippen LogP contribution in [0.2, 0.25) is 0 Å². The summed E-state index contributed by atoms with van der Waals surface area (Å²) in [7, 11) is 0. The molecule has 0 unspecified atom stereocenters. The van der Waals surface area contributed by atoms with Crippen molar-refractivity contribution in [3.8, 4) is 0 Å². The molecule has 0 atom stereocenters. The Kier molecular flexibility index (Phi) is 1.84. The predicted molar refractivity (Wildman–Crippen MR) is 49.1 cm³/mol. The van der Waals surface area contributed by atoms with Gasteiger partial charge in [-0.15, -0.1) is 0 Å². The zero-order chi connectivity index (χ0) is 8.39. The van der Waals surface area contributed by atoms with Crippen LogP contribution in [-0.4, -0.2) is 0 Å². The van der Waals surface area contributed by atoms with Gasteiger partial charge in [-0.05, 0) is 17.5 Å². The number of hydrogen-bond donors (Lipinski definition) is 0. The molecular weight excluding hydrogens is 168 g/mol. The number of fused-ring (bicyclic) bond motifs is 1. The third-order valence-corrected chi connectivity index (χ3v) is 2.27. The Balaban J connectivity index is 2.88. The van der Waals surface area contributed by atoms with Gasteiger partial charge in [0.25, 0.3) is 0 Å². The summed E-state index contributed by atoms with van der Waals surface area (Å²) in [5, 5.41) is 2.08. The van der Waals surface area contributed by atoms with Crippen molar-refractivity contribution < 1.29 is 4.21 Å². The molecule has 57 valence electrons. The van der Waals surface area contributed by atoms with Gasteiger partial charge >= 0.3 is 16.6 Å². The van der Waals surface area contributed by atoms with Crippen LogP contribution in [0, 0.1) is 6.07 Å². The van der Waals surface area contributed by atoms with E-state index < -0.39 is 0 Å². The number of rotatable bonds is 1. The van der Waals surface area contributed by atoms with Crippen molar-refractivity contribution in [2.24, 2.45) is 0 Å². The second kappa shape index (κ2) is 2.99. The third kappa shape index (κ3) is 1.10. The Hall–Kier alpha value is -1.28. The summed E-state index contributed by atoms with van der Waals surface area (Å²) >= 11 is 0.493. The quantitative estimate of drug-likeness (QED) is 0.607. The molecule has 2 aromatic carbocycles. The maximum Gasteiger partial charge on any atom is 0.506 e. The van der Waals surface area contributed by atoms with Crippen molar-refractivity contribution in [3.63, 3.8) is 0 Å². The molecule has 0 aliphatic carbocycles. The average molecular weight is 174 g/mol. The van der Waals surface area contributed by atoms with Gasteiger partial charge in [0.05, 0.1) is 11.5 Å². The second-order valence-corrected chi connectivity index (χ2v) is 3.05. The van der Waals surface area contributed by atoms with Gasteiger partial charge in [0.2, 0.25) is 0 Å². The minimum atomic E-state index is 0.493. The maximum atomic E-state index is 10.6. The van der Waals surface area contributed by atoms with E-state index in [2.05, 4.69) is 6.07 Å². The molecule has 2 rings (SSSR count). The minimum absolute atomic E-state index is 0.493. The van der Waals surface area contributed by atoms with E-state index in [-0.39, 0.29) is 0 Å². The fourth-order valence-electron chi connectivity index (χ4n) is 1.20. The van der Waals surface area contributed by atoms with Gasteiger partial charge < -0.3 is 0 Å². The van der Waals surface area contributed by atoms with Gasteiger partial charge in [0.1, 0.15) is 0 Å². The zero-order valence-corrected chi connectivity index (χ0v) is 7.10. The first-order chi connectivity index (χ1) is 5.92. The maximum absolute atomic E-state index is 10.6. The van der Waals surface area contributed by atoms with E-state index in [1.165, 1.54) is 0 Å². The molecule has 0 aliphatic rings. The van der Waals surface area contributed by atoms with Crippen LogP contribution in [0.3, 0.4) is 0 Å². The van der Waals surface area contributed by atoms with Crippen LogP contribution in [0.1, 0.15) is 0 Å². The largest absolute Gasteiger partial charge is 0.506 e. The highest BCUT2D eigenvalue weighted by Gasteiger charge is 2.10. The minimum Gasteiger partial charge on any atom is -0.0616 e. The molecule has 12 heavy (non-hydrogen) atoms. The number of hydrogen-bond acceptors (Lipinski definition) is 1. The normalized spacial score (nSPS) is 10.0. The third-order valence-electron chi connectivity index (χ3n) is 1.77. The summed E-state index contributed by atoms with van der Waals surface area (Å²) in [6.45, 7) is 0. The van der Waals surface area contributed by atoms with E-state index >= 15 is 0 Å². The van der Waals surface area contributed by atoms with Crippen LogP contribution in [0.15, 0.2) is 41.3 Å². The molecule has 0 amide bonds. The summed E-state index contributed by atoms with van der Waals surface area (Å²) in [6, 6.07) is 14.5. The molecule has 0 aliphatic heterocycles. The van der Waals surface area contributed by atoms with Crippen LogP contribution in [0.4, 0.5) is 0 Å². The van der Waals surface area contributed by atoms with Crippen LogP contribution in [0.5, 0.6) is 0 Å². The highest BCUT2D eigenvalue weighted by atomic mass is 32.1.